The summed E-state index contributed by atoms with van der Waals surface area (Å²) >= 11 is 0. The third kappa shape index (κ3) is 7.66. The molecule has 5 rings (SSSR count). The Labute approximate surface area is 231 Å². The number of sulfonamides is 1. The molecule has 9 nitrogen and oxygen atoms in total. The van der Waals surface area contributed by atoms with Crippen LogP contribution >= 0.6 is 0 Å². The van der Waals surface area contributed by atoms with Gasteiger partial charge >= 0.3 is 0 Å². The Kier molecular flexibility index (Phi) is 9.28. The Bertz CT molecular complexity index is 1320. The van der Waals surface area contributed by atoms with Crippen LogP contribution < -0.4 is 15.4 Å². The smallest absolute Gasteiger partial charge is 0.240 e. The normalized spacial score (nSPS) is 20.6. The molecule has 210 valence electrons. The first kappa shape index (κ1) is 27.8. The zero-order chi connectivity index (χ0) is 27.1. The van der Waals surface area contributed by atoms with Gasteiger partial charge in [0.2, 0.25) is 16.0 Å². The second kappa shape index (κ2) is 13.0. The first-order valence-electron chi connectivity index (χ1n) is 14.1. The number of benzene rings is 2. The van der Waals surface area contributed by atoms with Crippen molar-refractivity contribution >= 4 is 32.7 Å². The highest BCUT2D eigenvalue weighted by Crippen LogP contribution is 2.29. The molecule has 0 spiro atoms. The van der Waals surface area contributed by atoms with Gasteiger partial charge in [-0.3, -0.25) is 4.90 Å². The molecule has 2 fully saturated rings. The van der Waals surface area contributed by atoms with E-state index in [-0.39, 0.29) is 0 Å². The van der Waals surface area contributed by atoms with E-state index in [0.717, 1.165) is 93.9 Å². The number of hydrogen-bond acceptors (Lipinski definition) is 8. The summed E-state index contributed by atoms with van der Waals surface area (Å²) in [6.07, 6.45) is 4.13. The van der Waals surface area contributed by atoms with E-state index in [1.165, 1.54) is 0 Å². The Morgan fingerprint density at radius 1 is 0.897 bits per heavy atom. The molecule has 3 N–H and O–H groups in total. The number of fused-ring (bicyclic) bond motifs is 1. The van der Waals surface area contributed by atoms with E-state index in [2.05, 4.69) is 26.3 Å². The second-order valence-electron chi connectivity index (χ2n) is 10.7. The van der Waals surface area contributed by atoms with Crippen LogP contribution in [0.15, 0.2) is 53.4 Å². The zero-order valence-corrected chi connectivity index (χ0v) is 23.5. The van der Waals surface area contributed by atoms with E-state index in [9.17, 15) is 8.42 Å². The first-order valence-corrected chi connectivity index (χ1v) is 15.6. The van der Waals surface area contributed by atoms with E-state index < -0.39 is 10.0 Å². The lowest BCUT2D eigenvalue weighted by atomic mass is 9.82. The van der Waals surface area contributed by atoms with Crippen LogP contribution in [0, 0.1) is 18.8 Å². The van der Waals surface area contributed by atoms with E-state index >= 15 is 0 Å². The van der Waals surface area contributed by atoms with Crippen LogP contribution in [0.25, 0.3) is 10.9 Å². The molecule has 1 aliphatic carbocycles. The third-order valence-corrected chi connectivity index (χ3v) is 9.28. The van der Waals surface area contributed by atoms with E-state index in [1.807, 2.05) is 37.3 Å². The van der Waals surface area contributed by atoms with Gasteiger partial charge in [-0.1, -0.05) is 29.8 Å². The van der Waals surface area contributed by atoms with Gasteiger partial charge in [-0.05, 0) is 68.7 Å². The molecule has 0 unspecified atom stereocenters. The molecule has 0 atom stereocenters. The topological polar surface area (TPSA) is 108 Å². The second-order valence-corrected chi connectivity index (χ2v) is 12.5. The van der Waals surface area contributed by atoms with Crippen LogP contribution in [0.3, 0.4) is 0 Å². The molecule has 10 heteroatoms. The third-order valence-electron chi connectivity index (χ3n) is 7.84. The number of nitrogens with zero attached hydrogens (tertiary/aromatic N) is 3. The number of nitrogens with one attached hydrogen (secondary N) is 3. The molecule has 39 heavy (non-hydrogen) atoms. The average Bonchev–Trinajstić information content (AvgIpc) is 2.96. The predicted octanol–water partition coefficient (Wildman–Crippen LogP) is 3.88. The maximum atomic E-state index is 12.6. The first-order chi connectivity index (χ1) is 19.0. The molecule has 3 aromatic rings. The number of aryl methyl sites for hydroxylation is 1. The number of para-hydroxylation sites is 1. The Hall–Kier alpha value is -2.79. The zero-order valence-electron chi connectivity index (χ0n) is 22.7. The SMILES string of the molecule is Cc1ccc(S(=O)(=O)NCC2CCC(CNc3nc(NCCN4CCOCC4)c4ccccc4n3)CC2)cc1. The molecule has 0 radical (unpaired) electrons. The maximum Gasteiger partial charge on any atom is 0.240 e. The summed E-state index contributed by atoms with van der Waals surface area (Å²) in [4.78, 5) is 12.3. The van der Waals surface area contributed by atoms with E-state index in [1.54, 1.807) is 12.1 Å². The van der Waals surface area contributed by atoms with Gasteiger partial charge < -0.3 is 15.4 Å². The molecule has 2 aromatic carbocycles. The van der Waals surface area contributed by atoms with Gasteiger partial charge in [-0.15, -0.1) is 0 Å². The Balaban J connectivity index is 1.10. The number of morpholine rings is 1. The number of hydrogen-bond donors (Lipinski definition) is 3. The summed E-state index contributed by atoms with van der Waals surface area (Å²) in [6, 6.07) is 15.1. The molecule has 1 aromatic heterocycles. The lowest BCUT2D eigenvalue weighted by Crippen LogP contribution is -2.39. The molecule has 2 aliphatic rings. The lowest BCUT2D eigenvalue weighted by molar-refractivity contribution is 0.0398. The Morgan fingerprint density at radius 3 is 2.33 bits per heavy atom. The molecule has 0 bridgehead atoms. The van der Waals surface area contributed by atoms with Crippen molar-refractivity contribution < 1.29 is 13.2 Å². The maximum absolute atomic E-state index is 12.6. The van der Waals surface area contributed by atoms with Crippen LogP contribution in [0.2, 0.25) is 0 Å². The van der Waals surface area contributed by atoms with Gasteiger partial charge in [-0.25, -0.2) is 18.1 Å². The van der Waals surface area contributed by atoms with Crippen molar-refractivity contribution in [3.63, 3.8) is 0 Å². The summed E-state index contributed by atoms with van der Waals surface area (Å²) in [5.41, 5.74) is 1.97. The summed E-state index contributed by atoms with van der Waals surface area (Å²) in [5.74, 6) is 2.39. The number of aromatic nitrogens is 2. The monoisotopic (exact) mass is 552 g/mol. The van der Waals surface area contributed by atoms with Gasteiger partial charge in [0.1, 0.15) is 5.82 Å². The minimum absolute atomic E-state index is 0.330. The summed E-state index contributed by atoms with van der Waals surface area (Å²) in [5, 5.41) is 8.04. The summed E-state index contributed by atoms with van der Waals surface area (Å²) in [6.45, 7) is 8.57. The standard InChI is InChI=1S/C29H40N6O3S/c1-22-6-12-25(13-7-22)39(36,37)32-21-24-10-8-23(9-11-24)20-31-29-33-27-5-3-2-4-26(27)28(34-29)30-14-15-35-16-18-38-19-17-35/h2-7,12-13,23-24,32H,8-11,14-21H2,1H3,(H2,30,31,33,34). The van der Waals surface area contributed by atoms with Crippen LogP contribution in [0.5, 0.6) is 0 Å². The van der Waals surface area contributed by atoms with Crippen molar-refractivity contribution in [2.75, 3.05) is 63.1 Å². The Morgan fingerprint density at radius 2 is 1.59 bits per heavy atom. The van der Waals surface area contributed by atoms with Crippen molar-refractivity contribution in [3.8, 4) is 0 Å². The molecule has 1 saturated carbocycles. The fourth-order valence-corrected chi connectivity index (χ4v) is 6.47. The lowest BCUT2D eigenvalue weighted by Gasteiger charge is -2.28. The summed E-state index contributed by atoms with van der Waals surface area (Å²) < 4.78 is 33.5. The van der Waals surface area contributed by atoms with Crippen LogP contribution in [0.4, 0.5) is 11.8 Å². The van der Waals surface area contributed by atoms with Crippen molar-refractivity contribution in [1.82, 2.24) is 19.6 Å². The van der Waals surface area contributed by atoms with E-state index in [0.29, 0.717) is 29.2 Å². The van der Waals surface area contributed by atoms with Gasteiger partial charge in [0, 0.05) is 44.7 Å². The van der Waals surface area contributed by atoms with Crippen molar-refractivity contribution in [2.24, 2.45) is 11.8 Å². The van der Waals surface area contributed by atoms with Gasteiger partial charge in [0.15, 0.2) is 0 Å². The van der Waals surface area contributed by atoms with Crippen molar-refractivity contribution in [3.05, 3.63) is 54.1 Å². The quantitative estimate of drug-likeness (QED) is 0.329. The fraction of sp³-hybridized carbons (Fsp3) is 0.517. The number of rotatable bonds is 11. The average molecular weight is 553 g/mol. The molecule has 0 amide bonds. The largest absolute Gasteiger partial charge is 0.379 e. The van der Waals surface area contributed by atoms with Crippen molar-refractivity contribution in [1.29, 1.82) is 0 Å². The van der Waals surface area contributed by atoms with Gasteiger partial charge in [0.25, 0.3) is 0 Å². The minimum Gasteiger partial charge on any atom is -0.379 e. The molecule has 2 heterocycles. The van der Waals surface area contributed by atoms with Gasteiger partial charge in [-0.2, -0.15) is 4.98 Å². The highest BCUT2D eigenvalue weighted by molar-refractivity contribution is 7.89. The van der Waals surface area contributed by atoms with Gasteiger partial charge in [0.05, 0.1) is 23.6 Å². The van der Waals surface area contributed by atoms with E-state index in [4.69, 9.17) is 14.7 Å². The molecule has 1 saturated heterocycles. The highest BCUT2D eigenvalue weighted by atomic mass is 32.2. The van der Waals surface area contributed by atoms with Crippen molar-refractivity contribution in [2.45, 2.75) is 37.5 Å². The molecular formula is C29H40N6O3S. The minimum atomic E-state index is -3.46. The summed E-state index contributed by atoms with van der Waals surface area (Å²) in [7, 11) is -3.46. The highest BCUT2D eigenvalue weighted by Gasteiger charge is 2.23. The van der Waals surface area contributed by atoms with Crippen LogP contribution in [-0.4, -0.2) is 75.8 Å². The predicted molar refractivity (Wildman–Crippen MR) is 156 cm³/mol. The number of ether oxygens (including phenoxy) is 1. The van der Waals surface area contributed by atoms with Crippen LogP contribution in [-0.2, 0) is 14.8 Å². The fourth-order valence-electron chi connectivity index (χ4n) is 5.35. The number of anilines is 2. The molecule has 1 aliphatic heterocycles. The van der Waals surface area contributed by atoms with Crippen LogP contribution in [0.1, 0.15) is 31.2 Å². The molecular weight excluding hydrogens is 512 g/mol.